The Hall–Kier alpha value is -2.08. The van der Waals surface area contributed by atoms with Crippen molar-refractivity contribution in [2.45, 2.75) is 19.8 Å². The van der Waals surface area contributed by atoms with E-state index in [9.17, 15) is 9.59 Å². The van der Waals surface area contributed by atoms with Crippen LogP contribution in [0.5, 0.6) is 5.75 Å². The Labute approximate surface area is 142 Å². The minimum absolute atomic E-state index is 0.0259. The second-order valence-corrected chi connectivity index (χ2v) is 6.56. The molecule has 2 fully saturated rings. The van der Waals surface area contributed by atoms with Crippen LogP contribution in [-0.2, 0) is 9.59 Å². The predicted molar refractivity (Wildman–Crippen MR) is 92.0 cm³/mol. The summed E-state index contributed by atoms with van der Waals surface area (Å²) in [5.74, 6) is 0.400. The summed E-state index contributed by atoms with van der Waals surface area (Å²) < 4.78 is 5.54. The van der Waals surface area contributed by atoms with E-state index in [1.807, 2.05) is 37.1 Å². The van der Waals surface area contributed by atoms with Gasteiger partial charge in [-0.05, 0) is 38.9 Å². The van der Waals surface area contributed by atoms with Crippen LogP contribution in [0.1, 0.15) is 19.8 Å². The Bertz CT molecular complexity index is 620. The minimum atomic E-state index is -0.880. The fourth-order valence-corrected chi connectivity index (χ4v) is 3.07. The zero-order valence-electron chi connectivity index (χ0n) is 14.4. The lowest BCUT2D eigenvalue weighted by atomic mass is 10.0. The van der Waals surface area contributed by atoms with Crippen LogP contribution in [0.2, 0.25) is 0 Å². The quantitative estimate of drug-likeness (QED) is 0.832. The first kappa shape index (κ1) is 16.8. The van der Waals surface area contributed by atoms with Gasteiger partial charge in [0.15, 0.2) is 0 Å². The number of rotatable bonds is 5. The molecule has 0 bridgehead atoms. The Kier molecular flexibility index (Phi) is 4.76. The smallest absolute Gasteiger partial charge is 0.240 e. The number of hydrogen-bond donors (Lipinski definition) is 1. The van der Waals surface area contributed by atoms with Gasteiger partial charge in [-0.3, -0.25) is 9.59 Å². The fraction of sp³-hybridized carbons (Fsp3) is 0.556. The van der Waals surface area contributed by atoms with Crippen LogP contribution in [0, 0.1) is 5.41 Å². The maximum absolute atomic E-state index is 12.8. The first-order valence-corrected chi connectivity index (χ1v) is 8.58. The zero-order chi connectivity index (χ0) is 17.2. The molecule has 0 unspecified atom stereocenters. The molecule has 3 rings (SSSR count). The maximum Gasteiger partial charge on any atom is 0.240 e. The van der Waals surface area contributed by atoms with Gasteiger partial charge in [-0.25, -0.2) is 0 Å². The topological polar surface area (TPSA) is 61.9 Å². The number of anilines is 1. The van der Waals surface area contributed by atoms with Gasteiger partial charge in [0, 0.05) is 26.2 Å². The molecule has 2 amide bonds. The normalized spacial score (nSPS) is 19.7. The summed E-state index contributed by atoms with van der Waals surface area (Å²) in [6, 6.07) is 7.34. The van der Waals surface area contributed by atoms with Gasteiger partial charge in [-0.1, -0.05) is 12.1 Å². The summed E-state index contributed by atoms with van der Waals surface area (Å²) in [6.07, 6.45) is 1.25. The molecular weight excluding hydrogens is 306 g/mol. The van der Waals surface area contributed by atoms with Gasteiger partial charge in [-0.15, -0.1) is 0 Å². The van der Waals surface area contributed by atoms with E-state index in [2.05, 4.69) is 10.2 Å². The summed E-state index contributed by atoms with van der Waals surface area (Å²) in [6.45, 7) is 5.53. The van der Waals surface area contributed by atoms with Gasteiger partial charge in [0.05, 0.1) is 12.3 Å². The van der Waals surface area contributed by atoms with Crippen LogP contribution in [0.3, 0.4) is 0 Å². The van der Waals surface area contributed by atoms with Crippen molar-refractivity contribution in [2.75, 3.05) is 45.2 Å². The van der Waals surface area contributed by atoms with Crippen molar-refractivity contribution in [1.82, 2.24) is 9.80 Å². The number of piperazine rings is 1. The van der Waals surface area contributed by atoms with Crippen LogP contribution >= 0.6 is 0 Å². The molecule has 1 saturated heterocycles. The van der Waals surface area contributed by atoms with E-state index in [1.54, 1.807) is 6.07 Å². The highest BCUT2D eigenvalue weighted by atomic mass is 16.5. The lowest BCUT2D eigenvalue weighted by Crippen LogP contribution is -2.51. The minimum Gasteiger partial charge on any atom is -0.492 e. The van der Waals surface area contributed by atoms with Gasteiger partial charge >= 0.3 is 0 Å². The van der Waals surface area contributed by atoms with Crippen LogP contribution in [0.15, 0.2) is 24.3 Å². The third-order valence-corrected chi connectivity index (χ3v) is 4.82. The molecule has 130 valence electrons. The molecule has 0 spiro atoms. The van der Waals surface area contributed by atoms with Crippen molar-refractivity contribution in [3.63, 3.8) is 0 Å². The Morgan fingerprint density at radius 1 is 1.17 bits per heavy atom. The monoisotopic (exact) mass is 331 g/mol. The molecule has 0 atom stereocenters. The van der Waals surface area contributed by atoms with Gasteiger partial charge in [-0.2, -0.15) is 0 Å². The second-order valence-electron chi connectivity index (χ2n) is 6.56. The molecule has 1 aliphatic carbocycles. The average molecular weight is 331 g/mol. The number of benzene rings is 1. The highest BCUT2D eigenvalue weighted by Gasteiger charge is 2.58. The van der Waals surface area contributed by atoms with Crippen LogP contribution in [-0.4, -0.2) is 61.4 Å². The summed E-state index contributed by atoms with van der Waals surface area (Å²) in [7, 11) is 2.05. The van der Waals surface area contributed by atoms with Gasteiger partial charge in [0.2, 0.25) is 11.8 Å². The number of para-hydroxylation sites is 2. The Morgan fingerprint density at radius 3 is 2.46 bits per heavy atom. The largest absolute Gasteiger partial charge is 0.492 e. The van der Waals surface area contributed by atoms with Crippen molar-refractivity contribution < 1.29 is 14.3 Å². The van der Waals surface area contributed by atoms with Crippen molar-refractivity contribution in [1.29, 1.82) is 0 Å². The third kappa shape index (κ3) is 3.24. The highest BCUT2D eigenvalue weighted by molar-refractivity contribution is 6.13. The van der Waals surface area contributed by atoms with Crippen molar-refractivity contribution in [3.8, 4) is 5.75 Å². The fourth-order valence-electron chi connectivity index (χ4n) is 3.07. The number of nitrogens with zero attached hydrogens (tertiary/aromatic N) is 2. The molecule has 1 aromatic carbocycles. The van der Waals surface area contributed by atoms with E-state index in [0.29, 0.717) is 44.0 Å². The molecular formula is C18H25N3O3. The van der Waals surface area contributed by atoms with Gasteiger partial charge in [0.25, 0.3) is 0 Å². The van der Waals surface area contributed by atoms with E-state index < -0.39 is 5.41 Å². The van der Waals surface area contributed by atoms with Gasteiger partial charge in [0.1, 0.15) is 11.2 Å². The van der Waals surface area contributed by atoms with Crippen LogP contribution < -0.4 is 10.1 Å². The van der Waals surface area contributed by atoms with Crippen molar-refractivity contribution in [3.05, 3.63) is 24.3 Å². The highest BCUT2D eigenvalue weighted by Crippen LogP contribution is 2.48. The molecule has 1 heterocycles. The van der Waals surface area contributed by atoms with E-state index >= 15 is 0 Å². The first-order valence-electron chi connectivity index (χ1n) is 8.58. The summed E-state index contributed by atoms with van der Waals surface area (Å²) in [4.78, 5) is 29.7. The summed E-state index contributed by atoms with van der Waals surface area (Å²) in [5, 5.41) is 2.91. The molecule has 24 heavy (non-hydrogen) atoms. The van der Waals surface area contributed by atoms with E-state index in [4.69, 9.17) is 4.74 Å². The third-order valence-electron chi connectivity index (χ3n) is 4.82. The molecule has 6 heteroatoms. The molecule has 1 aliphatic heterocycles. The first-order chi connectivity index (χ1) is 11.6. The van der Waals surface area contributed by atoms with Crippen molar-refractivity contribution in [2.24, 2.45) is 5.41 Å². The Morgan fingerprint density at radius 2 is 1.83 bits per heavy atom. The lowest BCUT2D eigenvalue weighted by Gasteiger charge is -2.34. The molecule has 0 radical (unpaired) electrons. The number of ether oxygens (including phenoxy) is 1. The lowest BCUT2D eigenvalue weighted by molar-refractivity contribution is -0.143. The standard InChI is InChI=1S/C18H25N3O3/c1-3-24-15-7-5-4-6-14(15)19-16(22)18(8-9-18)17(23)21-12-10-20(2)11-13-21/h4-7H,3,8-13H2,1-2H3,(H,19,22). The van der Waals surface area contributed by atoms with Crippen LogP contribution in [0.25, 0.3) is 0 Å². The van der Waals surface area contributed by atoms with Crippen LogP contribution in [0.4, 0.5) is 5.69 Å². The van der Waals surface area contributed by atoms with Gasteiger partial charge < -0.3 is 19.9 Å². The molecule has 1 N–H and O–H groups in total. The molecule has 1 aromatic rings. The predicted octanol–water partition coefficient (Wildman–Crippen LogP) is 1.58. The molecule has 6 nitrogen and oxygen atoms in total. The number of nitrogens with one attached hydrogen (secondary N) is 1. The van der Waals surface area contributed by atoms with E-state index in [0.717, 1.165) is 13.1 Å². The zero-order valence-corrected chi connectivity index (χ0v) is 14.4. The summed E-state index contributed by atoms with van der Waals surface area (Å²) in [5.41, 5.74) is -0.253. The SMILES string of the molecule is CCOc1ccccc1NC(=O)C1(C(=O)N2CCN(C)CC2)CC1. The molecule has 1 saturated carbocycles. The number of likely N-dealkylation sites (N-methyl/N-ethyl adjacent to an activating group) is 1. The van der Waals surface area contributed by atoms with E-state index in [1.165, 1.54) is 0 Å². The number of amides is 2. The number of carbonyl (C=O) groups excluding carboxylic acids is 2. The average Bonchev–Trinajstić information content (AvgIpc) is 3.39. The van der Waals surface area contributed by atoms with E-state index in [-0.39, 0.29) is 11.8 Å². The second kappa shape index (κ2) is 6.81. The number of carbonyl (C=O) groups is 2. The molecule has 0 aromatic heterocycles. The Balaban J connectivity index is 1.69. The molecule has 2 aliphatic rings. The summed E-state index contributed by atoms with van der Waals surface area (Å²) >= 11 is 0. The van der Waals surface area contributed by atoms with Crippen molar-refractivity contribution >= 4 is 17.5 Å². The maximum atomic E-state index is 12.8. The number of hydrogen-bond acceptors (Lipinski definition) is 4.